The summed E-state index contributed by atoms with van der Waals surface area (Å²) in [5, 5.41) is 30.4. The highest BCUT2D eigenvalue weighted by molar-refractivity contribution is 5.91. The van der Waals surface area contributed by atoms with Crippen molar-refractivity contribution < 1.29 is 34.5 Å². The molecule has 4 atom stereocenters. The Kier molecular flexibility index (Phi) is 6.34. The average molecular weight is 343 g/mol. The second kappa shape index (κ2) is 7.63. The Balaban J connectivity index is 3.06. The quantitative estimate of drug-likeness (QED) is 0.519. The number of carboxylic acid groups (broad SMARTS) is 3. The largest absolute Gasteiger partial charge is 0.481 e. The van der Waals surface area contributed by atoms with Crippen molar-refractivity contribution in [2.75, 3.05) is 0 Å². The summed E-state index contributed by atoms with van der Waals surface area (Å²) in [4.78, 5) is 46.7. The van der Waals surface area contributed by atoms with Crippen LogP contribution in [-0.2, 0) is 19.2 Å². The van der Waals surface area contributed by atoms with Gasteiger partial charge in [0.1, 0.15) is 5.54 Å². The molecule has 0 aromatic rings. The molecule has 136 valence electrons. The van der Waals surface area contributed by atoms with Crippen molar-refractivity contribution in [3.8, 4) is 0 Å². The van der Waals surface area contributed by atoms with Crippen LogP contribution in [0.2, 0.25) is 0 Å². The summed E-state index contributed by atoms with van der Waals surface area (Å²) in [6, 6.07) is 0. The number of carboxylic acids is 3. The van der Waals surface area contributed by atoms with Crippen molar-refractivity contribution in [3.05, 3.63) is 0 Å². The monoisotopic (exact) mass is 343 g/mol. The normalized spacial score (nSPS) is 27.7. The molecule has 0 bridgehead atoms. The summed E-state index contributed by atoms with van der Waals surface area (Å²) in [6.45, 7) is 5.70. The van der Waals surface area contributed by atoms with E-state index in [1.54, 1.807) is 0 Å². The summed E-state index contributed by atoms with van der Waals surface area (Å²) >= 11 is 0. The first-order valence-electron chi connectivity index (χ1n) is 8.05. The summed E-state index contributed by atoms with van der Waals surface area (Å²) in [5.74, 6) is -7.44. The minimum Gasteiger partial charge on any atom is -0.481 e. The lowest BCUT2D eigenvalue weighted by atomic mass is 9.90. The van der Waals surface area contributed by atoms with Crippen LogP contribution in [0.15, 0.2) is 0 Å². The van der Waals surface area contributed by atoms with Gasteiger partial charge in [-0.05, 0) is 31.6 Å². The second-order valence-electron chi connectivity index (χ2n) is 6.91. The average Bonchev–Trinajstić information content (AvgIpc) is 2.86. The Hall–Kier alpha value is -2.12. The van der Waals surface area contributed by atoms with E-state index in [1.807, 2.05) is 20.8 Å². The summed E-state index contributed by atoms with van der Waals surface area (Å²) in [5.41, 5.74) is -1.85. The molecule has 8 nitrogen and oxygen atoms in total. The van der Waals surface area contributed by atoms with Crippen LogP contribution in [0, 0.1) is 23.7 Å². The molecule has 0 unspecified atom stereocenters. The van der Waals surface area contributed by atoms with E-state index in [2.05, 4.69) is 5.32 Å². The molecule has 1 aliphatic carbocycles. The Morgan fingerprint density at radius 2 is 1.50 bits per heavy atom. The molecule has 1 aliphatic rings. The molecule has 4 N–H and O–H groups in total. The number of amides is 1. The van der Waals surface area contributed by atoms with E-state index < -0.39 is 59.9 Å². The molecule has 0 heterocycles. The molecule has 24 heavy (non-hydrogen) atoms. The minimum atomic E-state index is -1.85. The number of hydrogen-bond acceptors (Lipinski definition) is 4. The molecule has 1 rings (SSSR count). The highest BCUT2D eigenvalue weighted by Crippen LogP contribution is 2.40. The Morgan fingerprint density at radius 1 is 1.04 bits per heavy atom. The fourth-order valence-electron chi connectivity index (χ4n) is 3.33. The number of aliphatic carboxylic acids is 3. The summed E-state index contributed by atoms with van der Waals surface area (Å²) < 4.78 is 0. The lowest BCUT2D eigenvalue weighted by Gasteiger charge is -2.28. The number of hydrogen-bond donors (Lipinski definition) is 4. The zero-order valence-corrected chi connectivity index (χ0v) is 14.1. The Labute approximate surface area is 140 Å². The molecule has 0 saturated heterocycles. The van der Waals surface area contributed by atoms with Gasteiger partial charge in [-0.25, -0.2) is 4.79 Å². The fraction of sp³-hybridized carbons (Fsp3) is 0.750. The fourth-order valence-corrected chi connectivity index (χ4v) is 3.33. The third kappa shape index (κ3) is 4.24. The number of nitrogens with one attached hydrogen (secondary N) is 1. The number of rotatable bonds is 8. The van der Waals surface area contributed by atoms with Gasteiger partial charge >= 0.3 is 17.9 Å². The van der Waals surface area contributed by atoms with E-state index >= 15 is 0 Å². The number of carbonyl (C=O) groups is 4. The molecular formula is C16H25NO7. The maximum atomic E-state index is 12.5. The molecule has 0 spiro atoms. The summed E-state index contributed by atoms with van der Waals surface area (Å²) in [6.07, 6.45) is 0.226. The van der Waals surface area contributed by atoms with Crippen molar-refractivity contribution in [3.63, 3.8) is 0 Å². The van der Waals surface area contributed by atoms with E-state index in [9.17, 15) is 34.5 Å². The Bertz CT molecular complexity index is 507. The first-order valence-corrected chi connectivity index (χ1v) is 8.05. The molecule has 8 heteroatoms. The SMILES string of the molecule is CC[C@@H](CC(C)C)C(=O)N[C@@]1(C(=O)O)C[C@H](C(=O)O)[C@H](C(=O)O)C1. The zero-order chi connectivity index (χ0) is 18.7. The van der Waals surface area contributed by atoms with Crippen molar-refractivity contribution in [2.45, 2.75) is 52.0 Å². The first-order chi connectivity index (χ1) is 11.0. The Morgan fingerprint density at radius 3 is 1.79 bits per heavy atom. The van der Waals surface area contributed by atoms with Crippen LogP contribution in [0.3, 0.4) is 0 Å². The van der Waals surface area contributed by atoms with Gasteiger partial charge < -0.3 is 20.6 Å². The third-order valence-electron chi connectivity index (χ3n) is 4.65. The molecular weight excluding hydrogens is 318 g/mol. The van der Waals surface area contributed by atoms with Crippen LogP contribution in [0.4, 0.5) is 0 Å². The van der Waals surface area contributed by atoms with Crippen molar-refractivity contribution >= 4 is 23.8 Å². The highest BCUT2D eigenvalue weighted by Gasteiger charge is 2.56. The summed E-state index contributed by atoms with van der Waals surface area (Å²) in [7, 11) is 0. The smallest absolute Gasteiger partial charge is 0.329 e. The standard InChI is InChI=1S/C16H25NO7/c1-4-9(5-8(2)3)12(18)17-16(15(23)24)6-10(13(19)20)11(7-16)14(21)22/h8-11H,4-7H2,1-3H3,(H,17,18)(H,19,20)(H,21,22)(H,23,24)/t9-,10-,11+,16-/m0/s1. The van der Waals surface area contributed by atoms with Gasteiger partial charge in [0, 0.05) is 5.92 Å². The molecule has 0 aromatic heterocycles. The molecule has 1 saturated carbocycles. The van der Waals surface area contributed by atoms with Crippen LogP contribution in [0.25, 0.3) is 0 Å². The van der Waals surface area contributed by atoms with Gasteiger partial charge in [0.2, 0.25) is 5.91 Å². The van der Waals surface area contributed by atoms with Crippen LogP contribution >= 0.6 is 0 Å². The number of carbonyl (C=O) groups excluding carboxylic acids is 1. The van der Waals surface area contributed by atoms with Crippen molar-refractivity contribution in [1.82, 2.24) is 5.32 Å². The third-order valence-corrected chi connectivity index (χ3v) is 4.65. The van der Waals surface area contributed by atoms with Gasteiger partial charge in [0.05, 0.1) is 11.8 Å². The van der Waals surface area contributed by atoms with Gasteiger partial charge in [0.15, 0.2) is 0 Å². The maximum Gasteiger partial charge on any atom is 0.329 e. The molecule has 1 fully saturated rings. The van der Waals surface area contributed by atoms with Crippen LogP contribution in [0.5, 0.6) is 0 Å². The van der Waals surface area contributed by atoms with E-state index in [0.717, 1.165) is 0 Å². The van der Waals surface area contributed by atoms with Crippen LogP contribution in [0.1, 0.15) is 46.5 Å². The molecule has 0 aromatic carbocycles. The topological polar surface area (TPSA) is 141 Å². The van der Waals surface area contributed by atoms with Crippen molar-refractivity contribution in [1.29, 1.82) is 0 Å². The zero-order valence-electron chi connectivity index (χ0n) is 14.1. The predicted molar refractivity (Wildman–Crippen MR) is 83.2 cm³/mol. The molecule has 0 aliphatic heterocycles. The van der Waals surface area contributed by atoms with Gasteiger partial charge in [-0.2, -0.15) is 0 Å². The van der Waals surface area contributed by atoms with Crippen molar-refractivity contribution in [2.24, 2.45) is 23.7 Å². The van der Waals surface area contributed by atoms with Crippen LogP contribution in [-0.4, -0.2) is 44.7 Å². The first kappa shape index (κ1) is 19.9. The predicted octanol–water partition coefficient (Wildman–Crippen LogP) is 1.19. The molecule has 1 amide bonds. The van der Waals surface area contributed by atoms with Gasteiger partial charge in [0.25, 0.3) is 0 Å². The molecule has 0 radical (unpaired) electrons. The van der Waals surface area contributed by atoms with E-state index in [0.29, 0.717) is 12.8 Å². The van der Waals surface area contributed by atoms with E-state index in [-0.39, 0.29) is 5.92 Å². The van der Waals surface area contributed by atoms with Gasteiger partial charge in [-0.15, -0.1) is 0 Å². The van der Waals surface area contributed by atoms with E-state index in [4.69, 9.17) is 0 Å². The second-order valence-corrected chi connectivity index (χ2v) is 6.91. The lowest BCUT2D eigenvalue weighted by Crippen LogP contribution is -2.55. The van der Waals surface area contributed by atoms with E-state index in [1.165, 1.54) is 0 Å². The van der Waals surface area contributed by atoms with Crippen LogP contribution < -0.4 is 5.32 Å². The maximum absolute atomic E-state index is 12.5. The lowest BCUT2D eigenvalue weighted by molar-refractivity contribution is -0.152. The van der Waals surface area contributed by atoms with Gasteiger partial charge in [-0.1, -0.05) is 20.8 Å². The minimum absolute atomic E-state index is 0.239. The highest BCUT2D eigenvalue weighted by atomic mass is 16.4. The van der Waals surface area contributed by atoms with Gasteiger partial charge in [-0.3, -0.25) is 14.4 Å².